The summed E-state index contributed by atoms with van der Waals surface area (Å²) in [6, 6.07) is -1.56. The van der Waals surface area contributed by atoms with Crippen molar-refractivity contribution < 1.29 is 37.5 Å². The van der Waals surface area contributed by atoms with E-state index in [2.05, 4.69) is 26.6 Å². The lowest BCUT2D eigenvalue weighted by Crippen LogP contribution is -2.59. The van der Waals surface area contributed by atoms with Crippen LogP contribution in [0.2, 0.25) is 0 Å². The summed E-state index contributed by atoms with van der Waals surface area (Å²) in [6.45, 7) is 7.24. The lowest BCUT2D eigenvalue weighted by Gasteiger charge is -2.27. The molecule has 4 atom stereocenters. The van der Waals surface area contributed by atoms with Crippen molar-refractivity contribution in [3.05, 3.63) is 47.5 Å². The summed E-state index contributed by atoms with van der Waals surface area (Å²) in [4.78, 5) is 63.6. The maximum atomic E-state index is 13.8. The Morgan fingerprint density at radius 3 is 2.19 bits per heavy atom. The molecule has 1 aromatic rings. The highest BCUT2D eigenvalue weighted by molar-refractivity contribution is 5.93. The molecule has 2 unspecified atom stereocenters. The predicted molar refractivity (Wildman–Crippen MR) is 151 cm³/mol. The minimum absolute atomic E-state index is 0.0155. The number of esters is 1. The zero-order valence-electron chi connectivity index (χ0n) is 24.6. The van der Waals surface area contributed by atoms with Gasteiger partial charge < -0.3 is 31.3 Å². The average molecular weight is 594 g/mol. The lowest BCUT2D eigenvalue weighted by atomic mass is 10.0. The fourth-order valence-corrected chi connectivity index (χ4v) is 4.39. The predicted octanol–water partition coefficient (Wildman–Crippen LogP) is 1.85. The number of hydrogen-bond acceptors (Lipinski definition) is 6. The molecular formula is C29H41F2N5O6. The number of ether oxygens (including phenoxy) is 1. The molecule has 13 heteroatoms. The Labute approximate surface area is 244 Å². The molecule has 232 valence electrons. The highest BCUT2D eigenvalue weighted by atomic mass is 19.1. The third-order valence-corrected chi connectivity index (χ3v) is 6.68. The number of hydrogen-bond donors (Lipinski definition) is 5. The summed E-state index contributed by atoms with van der Waals surface area (Å²) >= 11 is 0. The summed E-state index contributed by atoms with van der Waals surface area (Å²) < 4.78 is 32.3. The summed E-state index contributed by atoms with van der Waals surface area (Å²) in [5.41, 5.74) is 0.261. The van der Waals surface area contributed by atoms with Gasteiger partial charge in [0.05, 0.1) is 13.2 Å². The zero-order chi connectivity index (χ0) is 31.4. The maximum absolute atomic E-state index is 13.8. The first kappa shape index (κ1) is 34.2. The number of rotatable bonds is 9. The molecule has 5 amide bonds. The van der Waals surface area contributed by atoms with Gasteiger partial charge in [0.1, 0.15) is 29.8 Å². The van der Waals surface area contributed by atoms with Gasteiger partial charge in [-0.1, -0.05) is 33.8 Å². The zero-order valence-corrected chi connectivity index (χ0v) is 24.6. The number of methoxy groups -OCH3 is 1. The van der Waals surface area contributed by atoms with E-state index in [0.717, 1.165) is 18.2 Å². The topological polar surface area (TPSA) is 155 Å². The SMILES string of the molecule is COC(=O)C(NC(=O)NC(C(=O)N[C@H]1CCCCNC(=O)/C=C/[C@H](Cc2cc(F)cc(F)c2)NC1=O)C(C)C)C(C)C. The van der Waals surface area contributed by atoms with Crippen molar-refractivity contribution in [2.45, 2.75) is 77.5 Å². The third-order valence-electron chi connectivity index (χ3n) is 6.68. The van der Waals surface area contributed by atoms with Crippen LogP contribution in [0.15, 0.2) is 30.4 Å². The number of nitrogens with one attached hydrogen (secondary N) is 5. The van der Waals surface area contributed by atoms with Crippen LogP contribution in [-0.2, 0) is 30.3 Å². The first-order chi connectivity index (χ1) is 19.8. The fraction of sp³-hybridized carbons (Fsp3) is 0.552. The van der Waals surface area contributed by atoms with E-state index in [9.17, 15) is 32.8 Å². The van der Waals surface area contributed by atoms with Crippen LogP contribution in [0.3, 0.4) is 0 Å². The first-order valence-electron chi connectivity index (χ1n) is 14.0. The highest BCUT2D eigenvalue weighted by Crippen LogP contribution is 2.13. The smallest absolute Gasteiger partial charge is 0.328 e. The minimum Gasteiger partial charge on any atom is -0.467 e. The number of urea groups is 1. The van der Waals surface area contributed by atoms with Crippen molar-refractivity contribution in [2.24, 2.45) is 11.8 Å². The molecule has 0 saturated heterocycles. The molecule has 1 aromatic carbocycles. The van der Waals surface area contributed by atoms with Crippen LogP contribution >= 0.6 is 0 Å². The van der Waals surface area contributed by atoms with Gasteiger partial charge in [0.2, 0.25) is 17.7 Å². The standard InChI is InChI=1S/C29H41F2N5O6/c1-16(2)24(35-29(41)36-25(17(3)4)28(40)42-5)27(39)34-22-8-6-7-11-32-23(37)10-9-21(33-26(22)38)14-18-12-19(30)15-20(31)13-18/h9-10,12-13,15-17,21-22,24-25H,6-8,11,14H2,1-5H3,(H,32,37)(H,33,38)(H,34,39)(H2,35,36,41)/b10-9+/t21-,22+,24?,25?/m1/s1. The summed E-state index contributed by atoms with van der Waals surface area (Å²) in [6.07, 6.45) is 3.91. The van der Waals surface area contributed by atoms with E-state index in [0.29, 0.717) is 19.4 Å². The van der Waals surface area contributed by atoms with Gasteiger partial charge in [-0.25, -0.2) is 18.4 Å². The van der Waals surface area contributed by atoms with Crippen molar-refractivity contribution in [2.75, 3.05) is 13.7 Å². The van der Waals surface area contributed by atoms with Gasteiger partial charge in [0.15, 0.2) is 0 Å². The Morgan fingerprint density at radius 1 is 0.976 bits per heavy atom. The van der Waals surface area contributed by atoms with Gasteiger partial charge in [-0.05, 0) is 55.2 Å². The minimum atomic E-state index is -1.05. The number of benzene rings is 1. The van der Waals surface area contributed by atoms with Crippen LogP contribution in [0.25, 0.3) is 0 Å². The number of amides is 5. The average Bonchev–Trinajstić information content (AvgIpc) is 2.90. The molecule has 11 nitrogen and oxygen atoms in total. The van der Waals surface area contributed by atoms with Crippen LogP contribution in [0.4, 0.5) is 13.6 Å². The van der Waals surface area contributed by atoms with E-state index in [4.69, 9.17) is 4.74 Å². The van der Waals surface area contributed by atoms with Crippen molar-refractivity contribution in [3.8, 4) is 0 Å². The molecule has 0 aliphatic carbocycles. The van der Waals surface area contributed by atoms with Gasteiger partial charge in [-0.15, -0.1) is 0 Å². The van der Waals surface area contributed by atoms with E-state index in [1.807, 2.05) is 0 Å². The van der Waals surface area contributed by atoms with E-state index < -0.39 is 59.6 Å². The maximum Gasteiger partial charge on any atom is 0.328 e. The summed E-state index contributed by atoms with van der Waals surface area (Å²) in [5, 5.41) is 13.3. The second-order valence-corrected chi connectivity index (χ2v) is 10.9. The molecule has 0 radical (unpaired) electrons. The Morgan fingerprint density at radius 2 is 1.60 bits per heavy atom. The van der Waals surface area contributed by atoms with Gasteiger partial charge in [0, 0.05) is 18.7 Å². The number of carbonyl (C=O) groups is 5. The normalized spacial score (nSPS) is 20.2. The van der Waals surface area contributed by atoms with Crippen molar-refractivity contribution in [1.82, 2.24) is 26.6 Å². The molecule has 1 aliphatic heterocycles. The van der Waals surface area contributed by atoms with Crippen LogP contribution in [0.5, 0.6) is 0 Å². The van der Waals surface area contributed by atoms with Crippen LogP contribution in [0.1, 0.15) is 52.5 Å². The molecule has 0 aromatic heterocycles. The van der Waals surface area contributed by atoms with E-state index in [-0.39, 0.29) is 36.1 Å². The second-order valence-electron chi connectivity index (χ2n) is 10.9. The van der Waals surface area contributed by atoms with Crippen molar-refractivity contribution in [1.29, 1.82) is 0 Å². The highest BCUT2D eigenvalue weighted by Gasteiger charge is 2.31. The largest absolute Gasteiger partial charge is 0.467 e. The third kappa shape index (κ3) is 11.1. The van der Waals surface area contributed by atoms with Crippen LogP contribution in [-0.4, -0.2) is 67.5 Å². The van der Waals surface area contributed by atoms with Gasteiger partial charge in [-0.2, -0.15) is 0 Å². The number of carbonyl (C=O) groups excluding carboxylic acids is 5. The van der Waals surface area contributed by atoms with Gasteiger partial charge >= 0.3 is 12.0 Å². The molecule has 0 saturated carbocycles. The van der Waals surface area contributed by atoms with E-state index in [1.54, 1.807) is 27.7 Å². The van der Waals surface area contributed by atoms with E-state index >= 15 is 0 Å². The molecule has 42 heavy (non-hydrogen) atoms. The monoisotopic (exact) mass is 593 g/mol. The fourth-order valence-electron chi connectivity index (χ4n) is 4.39. The summed E-state index contributed by atoms with van der Waals surface area (Å²) in [7, 11) is 1.21. The molecule has 0 bridgehead atoms. The lowest BCUT2D eigenvalue weighted by molar-refractivity contribution is -0.144. The van der Waals surface area contributed by atoms with Crippen LogP contribution < -0.4 is 26.6 Å². The Hall–Kier alpha value is -4.03. The molecule has 2 rings (SSSR count). The van der Waals surface area contributed by atoms with Gasteiger partial charge in [-0.3, -0.25) is 14.4 Å². The van der Waals surface area contributed by atoms with Crippen molar-refractivity contribution >= 4 is 29.7 Å². The van der Waals surface area contributed by atoms with Crippen molar-refractivity contribution in [3.63, 3.8) is 0 Å². The molecule has 5 N–H and O–H groups in total. The molecule has 1 heterocycles. The van der Waals surface area contributed by atoms with Gasteiger partial charge in [0.25, 0.3) is 0 Å². The molecule has 1 aliphatic rings. The van der Waals surface area contributed by atoms with E-state index in [1.165, 1.54) is 19.3 Å². The van der Waals surface area contributed by atoms with Crippen LogP contribution in [0, 0.1) is 23.5 Å². The Balaban J connectivity index is 2.21. The number of halogens is 2. The Bertz CT molecular complexity index is 1140. The molecular weight excluding hydrogens is 552 g/mol. The summed E-state index contributed by atoms with van der Waals surface area (Å²) in [5.74, 6) is -4.39. The molecule has 0 fully saturated rings. The Kier molecular flexibility index (Phi) is 13.4. The quantitative estimate of drug-likeness (QED) is 0.276. The molecule has 0 spiro atoms. The first-order valence-corrected chi connectivity index (χ1v) is 14.0. The second kappa shape index (κ2) is 16.4.